The number of anilines is 2. The number of nitrogens with one attached hydrogen (secondary N) is 1. The van der Waals surface area contributed by atoms with E-state index < -0.39 is 0 Å². The molecule has 102 valence electrons. The lowest BCUT2D eigenvalue weighted by molar-refractivity contribution is -0.116. The Morgan fingerprint density at radius 2 is 2.00 bits per heavy atom. The molecule has 1 aromatic rings. The monoisotopic (exact) mass is 260 g/mol. The van der Waals surface area contributed by atoms with Crippen LogP contribution in [0, 0.1) is 5.92 Å². The summed E-state index contributed by atoms with van der Waals surface area (Å²) in [6, 6.07) is 8.05. The standard InChI is InChI=1S/C15H20N2O2/c1-19-14-9-17(10-14)13-6-4-12(5-7-13)16-15(18)8-11-2-3-11/h4-7,11,14H,2-3,8-10H2,1H3,(H,16,18). The van der Waals surface area contributed by atoms with Crippen molar-refractivity contribution in [2.75, 3.05) is 30.4 Å². The summed E-state index contributed by atoms with van der Waals surface area (Å²) in [4.78, 5) is 14.0. The van der Waals surface area contributed by atoms with E-state index in [2.05, 4.69) is 22.3 Å². The summed E-state index contributed by atoms with van der Waals surface area (Å²) in [6.45, 7) is 1.90. The zero-order valence-corrected chi connectivity index (χ0v) is 11.3. The molecule has 1 heterocycles. The van der Waals surface area contributed by atoms with Crippen LogP contribution in [0.3, 0.4) is 0 Å². The highest BCUT2D eigenvalue weighted by Crippen LogP contribution is 2.32. The first-order valence-corrected chi connectivity index (χ1v) is 6.92. The van der Waals surface area contributed by atoms with Crippen molar-refractivity contribution in [2.45, 2.75) is 25.4 Å². The van der Waals surface area contributed by atoms with Gasteiger partial charge in [-0.05, 0) is 43.0 Å². The predicted molar refractivity (Wildman–Crippen MR) is 75.4 cm³/mol. The van der Waals surface area contributed by atoms with Gasteiger partial charge in [0.25, 0.3) is 0 Å². The van der Waals surface area contributed by atoms with Crippen LogP contribution < -0.4 is 10.2 Å². The van der Waals surface area contributed by atoms with Gasteiger partial charge in [-0.2, -0.15) is 0 Å². The molecule has 1 saturated heterocycles. The maximum absolute atomic E-state index is 11.7. The van der Waals surface area contributed by atoms with E-state index in [0.29, 0.717) is 18.4 Å². The molecule has 3 rings (SSSR count). The molecule has 1 aliphatic carbocycles. The molecule has 4 heteroatoms. The Morgan fingerprint density at radius 1 is 1.32 bits per heavy atom. The van der Waals surface area contributed by atoms with Crippen LogP contribution in [-0.2, 0) is 9.53 Å². The van der Waals surface area contributed by atoms with Crippen LogP contribution in [0.15, 0.2) is 24.3 Å². The van der Waals surface area contributed by atoms with Crippen LogP contribution in [-0.4, -0.2) is 32.2 Å². The first-order chi connectivity index (χ1) is 9.24. The first-order valence-electron chi connectivity index (χ1n) is 6.92. The lowest BCUT2D eigenvalue weighted by atomic mass is 10.1. The molecule has 0 aromatic heterocycles. The van der Waals surface area contributed by atoms with Crippen molar-refractivity contribution < 1.29 is 9.53 Å². The summed E-state index contributed by atoms with van der Waals surface area (Å²) in [5.41, 5.74) is 2.08. The molecule has 0 bridgehead atoms. The van der Waals surface area contributed by atoms with Crippen LogP contribution in [0.4, 0.5) is 11.4 Å². The van der Waals surface area contributed by atoms with Gasteiger partial charge in [-0.3, -0.25) is 4.79 Å². The fourth-order valence-electron chi connectivity index (χ4n) is 2.35. The fourth-order valence-corrected chi connectivity index (χ4v) is 2.35. The molecular formula is C15H20N2O2. The van der Waals surface area contributed by atoms with E-state index in [0.717, 1.165) is 18.8 Å². The van der Waals surface area contributed by atoms with Crippen LogP contribution in [0.1, 0.15) is 19.3 Å². The van der Waals surface area contributed by atoms with Crippen molar-refractivity contribution in [3.63, 3.8) is 0 Å². The maximum atomic E-state index is 11.7. The van der Waals surface area contributed by atoms with E-state index in [1.165, 1.54) is 18.5 Å². The summed E-state index contributed by atoms with van der Waals surface area (Å²) < 4.78 is 5.26. The fraction of sp³-hybridized carbons (Fsp3) is 0.533. The van der Waals surface area contributed by atoms with Gasteiger partial charge >= 0.3 is 0 Å². The topological polar surface area (TPSA) is 41.6 Å². The van der Waals surface area contributed by atoms with E-state index >= 15 is 0 Å². The van der Waals surface area contributed by atoms with Gasteiger partial charge in [-0.25, -0.2) is 0 Å². The number of hydrogen-bond donors (Lipinski definition) is 1. The van der Waals surface area contributed by atoms with Crippen molar-refractivity contribution in [3.05, 3.63) is 24.3 Å². The molecule has 1 saturated carbocycles. The highest BCUT2D eigenvalue weighted by molar-refractivity contribution is 5.91. The second-order valence-electron chi connectivity index (χ2n) is 5.51. The van der Waals surface area contributed by atoms with Gasteiger partial charge < -0.3 is 15.0 Å². The maximum Gasteiger partial charge on any atom is 0.224 e. The van der Waals surface area contributed by atoms with Crippen LogP contribution in [0.5, 0.6) is 0 Å². The third-order valence-corrected chi connectivity index (χ3v) is 3.87. The lowest BCUT2D eigenvalue weighted by Gasteiger charge is -2.40. The highest BCUT2D eigenvalue weighted by Gasteiger charge is 2.26. The Labute approximate surface area is 113 Å². The molecule has 2 fully saturated rings. The minimum absolute atomic E-state index is 0.138. The van der Waals surface area contributed by atoms with E-state index in [1.807, 2.05) is 12.1 Å². The third-order valence-electron chi connectivity index (χ3n) is 3.87. The largest absolute Gasteiger partial charge is 0.378 e. The van der Waals surface area contributed by atoms with E-state index in [4.69, 9.17) is 4.74 Å². The second-order valence-corrected chi connectivity index (χ2v) is 5.51. The van der Waals surface area contributed by atoms with Gasteiger partial charge in [0.1, 0.15) is 0 Å². The lowest BCUT2D eigenvalue weighted by Crippen LogP contribution is -2.51. The second kappa shape index (κ2) is 5.21. The van der Waals surface area contributed by atoms with Gasteiger partial charge in [0.15, 0.2) is 0 Å². The molecule has 1 N–H and O–H groups in total. The Balaban J connectivity index is 1.52. The number of carbonyl (C=O) groups is 1. The molecule has 2 aliphatic rings. The molecule has 4 nitrogen and oxygen atoms in total. The van der Waals surface area contributed by atoms with Crippen LogP contribution >= 0.6 is 0 Å². The van der Waals surface area contributed by atoms with Crippen molar-refractivity contribution in [1.29, 1.82) is 0 Å². The third kappa shape index (κ3) is 3.07. The Bertz CT molecular complexity index is 448. The molecule has 0 unspecified atom stereocenters. The summed E-state index contributed by atoms with van der Waals surface area (Å²) in [6.07, 6.45) is 3.45. The highest BCUT2D eigenvalue weighted by atomic mass is 16.5. The average molecular weight is 260 g/mol. The summed E-state index contributed by atoms with van der Waals surface area (Å²) in [5.74, 6) is 0.769. The quantitative estimate of drug-likeness (QED) is 0.883. The van der Waals surface area contributed by atoms with Gasteiger partial charge in [0.05, 0.1) is 6.10 Å². The van der Waals surface area contributed by atoms with Crippen LogP contribution in [0.2, 0.25) is 0 Å². The molecule has 1 aliphatic heterocycles. The molecule has 1 aromatic carbocycles. The van der Waals surface area contributed by atoms with Gasteiger partial charge in [0, 0.05) is 38.0 Å². The Kier molecular flexibility index (Phi) is 3.42. The van der Waals surface area contributed by atoms with Crippen LogP contribution in [0.25, 0.3) is 0 Å². The zero-order chi connectivity index (χ0) is 13.2. The van der Waals surface area contributed by atoms with E-state index in [1.54, 1.807) is 7.11 Å². The number of amides is 1. The predicted octanol–water partition coefficient (Wildman–Crippen LogP) is 2.26. The first kappa shape index (κ1) is 12.5. The van der Waals surface area contributed by atoms with E-state index in [9.17, 15) is 4.79 Å². The molecular weight excluding hydrogens is 240 g/mol. The minimum atomic E-state index is 0.138. The van der Waals surface area contributed by atoms with Gasteiger partial charge in [-0.15, -0.1) is 0 Å². The summed E-state index contributed by atoms with van der Waals surface area (Å²) in [5, 5.41) is 2.95. The molecule has 0 spiro atoms. The zero-order valence-electron chi connectivity index (χ0n) is 11.3. The van der Waals surface area contributed by atoms with Gasteiger partial charge in [-0.1, -0.05) is 0 Å². The number of hydrogen-bond acceptors (Lipinski definition) is 3. The number of rotatable bonds is 5. The van der Waals surface area contributed by atoms with Crippen molar-refractivity contribution in [2.24, 2.45) is 5.92 Å². The normalized spacial score (nSPS) is 19.1. The number of benzene rings is 1. The Morgan fingerprint density at radius 3 is 2.58 bits per heavy atom. The SMILES string of the molecule is COC1CN(c2ccc(NC(=O)CC3CC3)cc2)C1. The number of methoxy groups -OCH3 is 1. The van der Waals surface area contributed by atoms with Crippen molar-refractivity contribution in [1.82, 2.24) is 0 Å². The van der Waals surface area contributed by atoms with Crippen molar-refractivity contribution in [3.8, 4) is 0 Å². The number of nitrogens with zero attached hydrogens (tertiary/aromatic N) is 1. The molecule has 0 radical (unpaired) electrons. The summed E-state index contributed by atoms with van der Waals surface area (Å²) in [7, 11) is 1.75. The Hall–Kier alpha value is -1.55. The minimum Gasteiger partial charge on any atom is -0.378 e. The number of carbonyl (C=O) groups excluding carboxylic acids is 1. The van der Waals surface area contributed by atoms with Gasteiger partial charge in [0.2, 0.25) is 5.91 Å². The van der Waals surface area contributed by atoms with Crippen molar-refractivity contribution >= 4 is 17.3 Å². The molecule has 0 atom stereocenters. The molecule has 19 heavy (non-hydrogen) atoms. The summed E-state index contributed by atoms with van der Waals surface area (Å²) >= 11 is 0. The smallest absolute Gasteiger partial charge is 0.224 e. The number of ether oxygens (including phenoxy) is 1. The van der Waals surface area contributed by atoms with E-state index in [-0.39, 0.29) is 5.91 Å². The molecule has 1 amide bonds. The average Bonchev–Trinajstić information content (AvgIpc) is 3.14.